The van der Waals surface area contributed by atoms with Crippen molar-refractivity contribution in [2.45, 2.75) is 6.42 Å². The zero-order valence-electron chi connectivity index (χ0n) is 14.7. The van der Waals surface area contributed by atoms with Gasteiger partial charge in [0.25, 0.3) is 5.91 Å². The molecule has 0 aliphatic rings. The smallest absolute Gasteiger partial charge is 0.256 e. The van der Waals surface area contributed by atoms with Crippen LogP contribution in [0, 0.1) is 0 Å². The Bertz CT molecular complexity index is 872. The van der Waals surface area contributed by atoms with Crippen LogP contribution in [0.15, 0.2) is 59.3 Å². The molecule has 1 N–H and O–H groups in total. The first-order chi connectivity index (χ1) is 12.7. The summed E-state index contributed by atoms with van der Waals surface area (Å²) in [5.41, 5.74) is 2.26. The Hall–Kier alpha value is -3.28. The molecule has 6 heteroatoms. The average molecular weight is 352 g/mol. The normalized spacial score (nSPS) is 10.4. The number of carbonyl (C=O) groups is 1. The number of amides is 1. The summed E-state index contributed by atoms with van der Waals surface area (Å²) < 4.78 is 15.6. The van der Waals surface area contributed by atoms with E-state index in [1.807, 2.05) is 48.5 Å². The van der Waals surface area contributed by atoms with E-state index in [1.165, 1.54) is 6.20 Å². The lowest BCUT2D eigenvalue weighted by Crippen LogP contribution is -2.25. The van der Waals surface area contributed by atoms with Gasteiger partial charge in [0, 0.05) is 12.1 Å². The molecule has 3 rings (SSSR count). The molecule has 6 nitrogen and oxygen atoms in total. The number of aromatic nitrogens is 1. The van der Waals surface area contributed by atoms with Gasteiger partial charge in [-0.05, 0) is 48.4 Å². The molecule has 0 unspecified atom stereocenters. The molecule has 0 aliphatic heterocycles. The highest BCUT2D eigenvalue weighted by Gasteiger charge is 2.17. The van der Waals surface area contributed by atoms with Crippen molar-refractivity contribution in [1.29, 1.82) is 0 Å². The number of nitrogens with one attached hydrogen (secondary N) is 1. The zero-order valence-corrected chi connectivity index (χ0v) is 14.7. The molecule has 3 aromatic rings. The van der Waals surface area contributed by atoms with E-state index in [0.717, 1.165) is 22.6 Å². The van der Waals surface area contributed by atoms with Gasteiger partial charge in [0.2, 0.25) is 0 Å². The van der Waals surface area contributed by atoms with Crippen LogP contribution in [0.5, 0.6) is 11.5 Å². The van der Waals surface area contributed by atoms with Gasteiger partial charge < -0.3 is 19.3 Å². The van der Waals surface area contributed by atoms with E-state index in [0.29, 0.717) is 24.3 Å². The summed E-state index contributed by atoms with van der Waals surface area (Å²) in [7, 11) is 3.23. The quantitative estimate of drug-likeness (QED) is 0.706. The Kier molecular flexibility index (Phi) is 5.53. The Morgan fingerprint density at radius 3 is 2.58 bits per heavy atom. The molecular weight excluding hydrogens is 332 g/mol. The molecule has 1 heterocycles. The van der Waals surface area contributed by atoms with Crippen molar-refractivity contribution in [3.8, 4) is 22.8 Å². The van der Waals surface area contributed by atoms with Crippen LogP contribution in [-0.4, -0.2) is 31.8 Å². The van der Waals surface area contributed by atoms with Gasteiger partial charge in [-0.3, -0.25) is 4.79 Å². The monoisotopic (exact) mass is 352 g/mol. The highest BCUT2D eigenvalue weighted by atomic mass is 16.5. The molecule has 2 aromatic carbocycles. The lowest BCUT2D eigenvalue weighted by atomic mass is 10.1. The largest absolute Gasteiger partial charge is 0.497 e. The molecule has 0 aliphatic carbocycles. The van der Waals surface area contributed by atoms with Crippen LogP contribution in [0.3, 0.4) is 0 Å². The zero-order chi connectivity index (χ0) is 18.4. The Morgan fingerprint density at radius 1 is 1.08 bits per heavy atom. The predicted molar refractivity (Wildman–Crippen MR) is 97.5 cm³/mol. The summed E-state index contributed by atoms with van der Waals surface area (Å²) in [5.74, 6) is 1.75. The van der Waals surface area contributed by atoms with Gasteiger partial charge in [0.05, 0.1) is 20.4 Å². The maximum atomic E-state index is 12.5. The number of hydrogen-bond acceptors (Lipinski definition) is 5. The predicted octanol–water partition coefficient (Wildman–Crippen LogP) is 3.33. The first kappa shape index (κ1) is 17.5. The van der Waals surface area contributed by atoms with Crippen molar-refractivity contribution in [1.82, 2.24) is 10.5 Å². The Balaban J connectivity index is 1.64. The molecule has 0 saturated carbocycles. The van der Waals surface area contributed by atoms with Gasteiger partial charge >= 0.3 is 0 Å². The summed E-state index contributed by atoms with van der Waals surface area (Å²) in [4.78, 5) is 12.5. The van der Waals surface area contributed by atoms with Crippen molar-refractivity contribution in [2.75, 3.05) is 20.8 Å². The second-order valence-corrected chi connectivity index (χ2v) is 5.65. The van der Waals surface area contributed by atoms with Crippen LogP contribution in [0.1, 0.15) is 15.9 Å². The maximum Gasteiger partial charge on any atom is 0.256 e. The van der Waals surface area contributed by atoms with Crippen molar-refractivity contribution in [3.63, 3.8) is 0 Å². The highest BCUT2D eigenvalue weighted by Crippen LogP contribution is 2.25. The number of carbonyl (C=O) groups excluding carboxylic acids is 1. The summed E-state index contributed by atoms with van der Waals surface area (Å²) in [6.45, 7) is 0.499. The van der Waals surface area contributed by atoms with Gasteiger partial charge in [0.15, 0.2) is 5.76 Å². The summed E-state index contributed by atoms with van der Waals surface area (Å²) in [6.07, 6.45) is 2.13. The molecule has 134 valence electrons. The molecule has 1 aromatic heterocycles. The molecule has 0 spiro atoms. The van der Waals surface area contributed by atoms with Crippen LogP contribution in [0.2, 0.25) is 0 Å². The van der Waals surface area contributed by atoms with Gasteiger partial charge in [0.1, 0.15) is 17.1 Å². The molecule has 26 heavy (non-hydrogen) atoms. The number of nitrogens with zero attached hydrogens (tertiary/aromatic N) is 1. The molecule has 0 radical (unpaired) electrons. The number of ether oxygens (including phenoxy) is 2. The molecule has 0 atom stereocenters. The van der Waals surface area contributed by atoms with Crippen molar-refractivity contribution in [3.05, 3.63) is 65.9 Å². The highest BCUT2D eigenvalue weighted by molar-refractivity contribution is 5.99. The van der Waals surface area contributed by atoms with Crippen LogP contribution < -0.4 is 14.8 Å². The van der Waals surface area contributed by atoms with E-state index in [9.17, 15) is 4.79 Å². The third-order valence-corrected chi connectivity index (χ3v) is 4.00. The minimum Gasteiger partial charge on any atom is -0.497 e. The van der Waals surface area contributed by atoms with Crippen molar-refractivity contribution < 1.29 is 18.8 Å². The van der Waals surface area contributed by atoms with Crippen molar-refractivity contribution >= 4 is 5.91 Å². The van der Waals surface area contributed by atoms with Crippen molar-refractivity contribution in [2.24, 2.45) is 0 Å². The molecule has 0 bridgehead atoms. The summed E-state index contributed by atoms with van der Waals surface area (Å²) in [6, 6.07) is 15.0. The Morgan fingerprint density at radius 2 is 1.85 bits per heavy atom. The Labute approximate surface area is 151 Å². The van der Waals surface area contributed by atoms with E-state index in [4.69, 9.17) is 14.0 Å². The summed E-state index contributed by atoms with van der Waals surface area (Å²) in [5, 5.41) is 6.67. The fourth-order valence-electron chi connectivity index (χ4n) is 2.60. The van der Waals surface area contributed by atoms with E-state index >= 15 is 0 Å². The lowest BCUT2D eigenvalue weighted by molar-refractivity contribution is 0.0954. The third kappa shape index (κ3) is 4.03. The minimum absolute atomic E-state index is 0.222. The molecule has 0 saturated heterocycles. The maximum absolute atomic E-state index is 12.5. The van der Waals surface area contributed by atoms with E-state index in [1.54, 1.807) is 14.2 Å². The molecular formula is C20H20N2O4. The lowest BCUT2D eigenvalue weighted by Gasteiger charge is -2.07. The summed E-state index contributed by atoms with van der Waals surface area (Å²) >= 11 is 0. The topological polar surface area (TPSA) is 73.6 Å². The van der Waals surface area contributed by atoms with Crippen LogP contribution >= 0.6 is 0 Å². The average Bonchev–Trinajstić information content (AvgIpc) is 3.18. The minimum atomic E-state index is -0.222. The second kappa shape index (κ2) is 8.20. The van der Waals surface area contributed by atoms with E-state index in [2.05, 4.69) is 10.5 Å². The second-order valence-electron chi connectivity index (χ2n) is 5.65. The number of rotatable bonds is 7. The van der Waals surface area contributed by atoms with Crippen LogP contribution in [0.25, 0.3) is 11.3 Å². The standard InChI is InChI=1S/C20H20N2O4/c1-24-16-8-6-15(7-9-16)19-18(13-22-26-19)20(23)21-11-10-14-4-3-5-17(12-14)25-2/h3-9,12-13H,10-11H2,1-2H3,(H,21,23). The van der Waals surface area contributed by atoms with Gasteiger partial charge in [-0.15, -0.1) is 0 Å². The third-order valence-electron chi connectivity index (χ3n) is 4.00. The van der Waals surface area contributed by atoms with Gasteiger partial charge in [-0.2, -0.15) is 0 Å². The molecule has 1 amide bonds. The fraction of sp³-hybridized carbons (Fsp3) is 0.200. The SMILES string of the molecule is COc1ccc(-c2oncc2C(=O)NCCc2cccc(OC)c2)cc1. The molecule has 0 fully saturated rings. The number of hydrogen-bond donors (Lipinski definition) is 1. The van der Waals surface area contributed by atoms with E-state index < -0.39 is 0 Å². The van der Waals surface area contributed by atoms with Crippen LogP contribution in [0.4, 0.5) is 0 Å². The first-order valence-electron chi connectivity index (χ1n) is 8.21. The van der Waals surface area contributed by atoms with Gasteiger partial charge in [-0.1, -0.05) is 17.3 Å². The number of benzene rings is 2. The number of methoxy groups -OCH3 is 2. The first-order valence-corrected chi connectivity index (χ1v) is 8.21. The van der Waals surface area contributed by atoms with Gasteiger partial charge in [-0.25, -0.2) is 0 Å². The fourth-order valence-corrected chi connectivity index (χ4v) is 2.60. The van der Waals surface area contributed by atoms with Crippen LogP contribution in [-0.2, 0) is 6.42 Å². The van der Waals surface area contributed by atoms with E-state index in [-0.39, 0.29) is 5.91 Å².